The van der Waals surface area contributed by atoms with Gasteiger partial charge in [-0.05, 0) is 6.92 Å². The first-order chi connectivity index (χ1) is 5.74. The molecule has 0 aliphatic carbocycles. The van der Waals surface area contributed by atoms with Gasteiger partial charge in [0.2, 0.25) is 0 Å². The third-order valence-electron chi connectivity index (χ3n) is 1.29. The maximum Gasteiger partial charge on any atom is 0.181 e. The lowest BCUT2D eigenvalue weighted by Gasteiger charge is -1.96. The Kier molecular flexibility index (Phi) is 3.84. The predicted octanol–water partition coefficient (Wildman–Crippen LogP) is 1.77. The normalized spacial score (nSPS) is 10.5. The number of nitrogens with zero attached hydrogens (tertiary/aromatic N) is 1. The van der Waals surface area contributed by atoms with Gasteiger partial charge in [-0.15, -0.1) is 11.8 Å². The molecule has 1 rings (SSSR count). The maximum absolute atomic E-state index is 5.55. The molecule has 1 aromatic rings. The number of aryl methyl sites for hydroxylation is 1. The van der Waals surface area contributed by atoms with Gasteiger partial charge in [0, 0.05) is 12.9 Å². The molecule has 5 heteroatoms. The van der Waals surface area contributed by atoms with Crippen LogP contribution in [0.4, 0.5) is 5.13 Å². The van der Waals surface area contributed by atoms with E-state index in [0.29, 0.717) is 5.13 Å². The highest BCUT2D eigenvalue weighted by molar-refractivity contribution is 8.01. The average molecular weight is 204 g/mol. The zero-order valence-electron chi connectivity index (χ0n) is 7.16. The van der Waals surface area contributed by atoms with Gasteiger partial charge in [-0.2, -0.15) is 0 Å². The summed E-state index contributed by atoms with van der Waals surface area (Å²) in [6.45, 7) is 2.74. The van der Waals surface area contributed by atoms with E-state index in [9.17, 15) is 0 Å². The van der Waals surface area contributed by atoms with Crippen LogP contribution < -0.4 is 5.73 Å². The molecular weight excluding hydrogens is 192 g/mol. The fraction of sp³-hybridized carbons (Fsp3) is 0.571. The molecule has 0 saturated carbocycles. The van der Waals surface area contributed by atoms with Crippen molar-refractivity contribution in [3.63, 3.8) is 0 Å². The molecule has 0 amide bonds. The number of anilines is 1. The molecule has 1 aromatic heterocycles. The SMILES string of the molecule is COCCSc1sc(N)nc1C. The minimum Gasteiger partial charge on any atom is -0.384 e. The first-order valence-electron chi connectivity index (χ1n) is 3.58. The smallest absolute Gasteiger partial charge is 0.181 e. The zero-order valence-corrected chi connectivity index (χ0v) is 8.80. The number of hydrogen-bond donors (Lipinski definition) is 1. The van der Waals surface area contributed by atoms with Crippen molar-refractivity contribution in [2.24, 2.45) is 0 Å². The summed E-state index contributed by atoms with van der Waals surface area (Å²) in [4.78, 5) is 4.12. The van der Waals surface area contributed by atoms with E-state index in [4.69, 9.17) is 10.5 Å². The summed E-state index contributed by atoms with van der Waals surface area (Å²) in [6, 6.07) is 0. The average Bonchev–Trinajstić information content (AvgIpc) is 2.31. The lowest BCUT2D eigenvalue weighted by molar-refractivity contribution is 0.218. The monoisotopic (exact) mass is 204 g/mol. The standard InChI is InChI=1S/C7H12N2OS2/c1-5-6(11-4-3-10-2)12-7(8)9-5/h3-4H2,1-2H3,(H2,8,9). The summed E-state index contributed by atoms with van der Waals surface area (Å²) in [6.07, 6.45) is 0. The Hall–Kier alpha value is -0.260. The molecule has 0 spiro atoms. The van der Waals surface area contributed by atoms with Gasteiger partial charge < -0.3 is 10.5 Å². The van der Waals surface area contributed by atoms with Crippen LogP contribution in [0.2, 0.25) is 0 Å². The molecule has 3 nitrogen and oxygen atoms in total. The molecule has 0 saturated heterocycles. The predicted molar refractivity (Wildman–Crippen MR) is 53.9 cm³/mol. The molecule has 0 unspecified atom stereocenters. The minimum absolute atomic E-state index is 0.646. The number of nitrogen functional groups attached to an aromatic ring is 1. The van der Waals surface area contributed by atoms with Gasteiger partial charge in [0.25, 0.3) is 0 Å². The molecular formula is C7H12N2OS2. The molecule has 0 aliphatic heterocycles. The number of hydrogen-bond acceptors (Lipinski definition) is 5. The van der Waals surface area contributed by atoms with E-state index in [0.717, 1.165) is 18.1 Å². The molecule has 0 aromatic carbocycles. The summed E-state index contributed by atoms with van der Waals surface area (Å²) < 4.78 is 6.14. The van der Waals surface area contributed by atoms with Crippen LogP contribution in [-0.2, 0) is 4.74 Å². The van der Waals surface area contributed by atoms with Crippen LogP contribution in [0.1, 0.15) is 5.69 Å². The van der Waals surface area contributed by atoms with Crippen LogP contribution >= 0.6 is 23.1 Å². The van der Waals surface area contributed by atoms with Gasteiger partial charge in [-0.3, -0.25) is 0 Å². The van der Waals surface area contributed by atoms with Crippen molar-refractivity contribution in [3.8, 4) is 0 Å². The van der Waals surface area contributed by atoms with Crippen molar-refractivity contribution < 1.29 is 4.74 Å². The van der Waals surface area contributed by atoms with Crippen molar-refractivity contribution in [1.82, 2.24) is 4.98 Å². The third-order valence-corrected chi connectivity index (χ3v) is 3.60. The molecule has 0 fully saturated rings. The summed E-state index contributed by atoms with van der Waals surface area (Å²) in [7, 11) is 1.70. The number of thiazole rings is 1. The van der Waals surface area contributed by atoms with E-state index < -0.39 is 0 Å². The highest BCUT2D eigenvalue weighted by atomic mass is 32.2. The molecule has 2 N–H and O–H groups in total. The Bertz CT molecular complexity index is 250. The van der Waals surface area contributed by atoms with E-state index in [2.05, 4.69) is 4.98 Å². The molecule has 0 bridgehead atoms. The zero-order chi connectivity index (χ0) is 8.97. The van der Waals surface area contributed by atoms with Crippen molar-refractivity contribution in [1.29, 1.82) is 0 Å². The highest BCUT2D eigenvalue weighted by Gasteiger charge is 2.04. The van der Waals surface area contributed by atoms with E-state index in [1.165, 1.54) is 15.5 Å². The molecule has 0 aliphatic rings. The van der Waals surface area contributed by atoms with Crippen LogP contribution in [0.5, 0.6) is 0 Å². The van der Waals surface area contributed by atoms with E-state index in [-0.39, 0.29) is 0 Å². The van der Waals surface area contributed by atoms with E-state index in [1.807, 2.05) is 6.92 Å². The maximum atomic E-state index is 5.55. The Morgan fingerprint density at radius 2 is 2.42 bits per heavy atom. The number of rotatable bonds is 4. The first-order valence-corrected chi connectivity index (χ1v) is 5.39. The van der Waals surface area contributed by atoms with Crippen molar-refractivity contribution in [2.75, 3.05) is 25.2 Å². The lowest BCUT2D eigenvalue weighted by atomic mass is 10.6. The minimum atomic E-state index is 0.646. The van der Waals surface area contributed by atoms with E-state index in [1.54, 1.807) is 18.9 Å². The van der Waals surface area contributed by atoms with Crippen LogP contribution in [0.15, 0.2) is 4.21 Å². The summed E-state index contributed by atoms with van der Waals surface area (Å²) in [5, 5.41) is 0.646. The Labute approximate surface area is 80.3 Å². The first kappa shape index (κ1) is 9.83. The Balaban J connectivity index is 2.45. The number of aromatic nitrogens is 1. The van der Waals surface area contributed by atoms with Crippen molar-refractivity contribution in [3.05, 3.63) is 5.69 Å². The molecule has 68 valence electrons. The number of methoxy groups -OCH3 is 1. The number of nitrogens with two attached hydrogens (primary N) is 1. The molecule has 1 heterocycles. The lowest BCUT2D eigenvalue weighted by Crippen LogP contribution is -1.90. The van der Waals surface area contributed by atoms with Gasteiger partial charge in [0.1, 0.15) is 0 Å². The summed E-state index contributed by atoms with van der Waals surface area (Å²) in [5.74, 6) is 0.957. The fourth-order valence-electron chi connectivity index (χ4n) is 0.754. The van der Waals surface area contributed by atoms with Gasteiger partial charge in [0.15, 0.2) is 5.13 Å². The third kappa shape index (κ3) is 2.66. The molecule has 0 radical (unpaired) electrons. The second-order valence-corrected chi connectivity index (χ2v) is 4.66. The Morgan fingerprint density at radius 1 is 1.67 bits per heavy atom. The topological polar surface area (TPSA) is 48.1 Å². The van der Waals surface area contributed by atoms with Crippen molar-refractivity contribution >= 4 is 28.2 Å². The largest absolute Gasteiger partial charge is 0.384 e. The van der Waals surface area contributed by atoms with Crippen LogP contribution in [0.25, 0.3) is 0 Å². The Morgan fingerprint density at radius 3 is 2.92 bits per heavy atom. The second kappa shape index (κ2) is 4.69. The highest BCUT2D eigenvalue weighted by Crippen LogP contribution is 2.29. The quantitative estimate of drug-likeness (QED) is 0.600. The molecule has 12 heavy (non-hydrogen) atoms. The van der Waals surface area contributed by atoms with Crippen LogP contribution in [-0.4, -0.2) is 24.5 Å². The van der Waals surface area contributed by atoms with Gasteiger partial charge in [-0.25, -0.2) is 4.98 Å². The van der Waals surface area contributed by atoms with Gasteiger partial charge >= 0.3 is 0 Å². The van der Waals surface area contributed by atoms with Crippen LogP contribution in [0, 0.1) is 6.92 Å². The summed E-state index contributed by atoms with van der Waals surface area (Å²) >= 11 is 3.28. The second-order valence-electron chi connectivity index (χ2n) is 2.27. The number of ether oxygens (including phenoxy) is 1. The molecule has 0 atom stereocenters. The van der Waals surface area contributed by atoms with E-state index >= 15 is 0 Å². The van der Waals surface area contributed by atoms with Crippen molar-refractivity contribution in [2.45, 2.75) is 11.1 Å². The van der Waals surface area contributed by atoms with Gasteiger partial charge in [0.05, 0.1) is 16.5 Å². The van der Waals surface area contributed by atoms with Crippen LogP contribution in [0.3, 0.4) is 0 Å². The number of thioether (sulfide) groups is 1. The van der Waals surface area contributed by atoms with Gasteiger partial charge in [-0.1, -0.05) is 11.3 Å². The fourth-order valence-corrected chi connectivity index (χ4v) is 2.75. The summed E-state index contributed by atoms with van der Waals surface area (Å²) in [5.41, 5.74) is 6.57.